The van der Waals surface area contributed by atoms with Crippen molar-refractivity contribution in [3.63, 3.8) is 0 Å². The van der Waals surface area contributed by atoms with Gasteiger partial charge in [0.25, 0.3) is 11.6 Å². The Labute approximate surface area is 230 Å². The summed E-state index contributed by atoms with van der Waals surface area (Å²) in [7, 11) is 0. The van der Waals surface area contributed by atoms with Crippen molar-refractivity contribution in [1.29, 1.82) is 0 Å². The SMILES string of the molecule is CCN(CC)C(=O)c1ccccc1SC1=C(C(=O)OCc2ccc([N+](=O)[O-])cc2)N2C(=O)C(C(C)O)[C@@H]2C1C. The summed E-state index contributed by atoms with van der Waals surface area (Å²) in [5, 5.41) is 21.2. The van der Waals surface area contributed by atoms with Crippen molar-refractivity contribution < 1.29 is 29.2 Å². The third-order valence-electron chi connectivity index (χ3n) is 7.21. The zero-order valence-corrected chi connectivity index (χ0v) is 23.0. The summed E-state index contributed by atoms with van der Waals surface area (Å²) in [6.45, 7) is 8.23. The van der Waals surface area contributed by atoms with Gasteiger partial charge in [0.05, 0.1) is 28.6 Å². The lowest BCUT2D eigenvalue weighted by Gasteiger charge is -2.46. The van der Waals surface area contributed by atoms with Crippen LogP contribution >= 0.6 is 11.8 Å². The van der Waals surface area contributed by atoms with E-state index in [4.69, 9.17) is 4.74 Å². The minimum absolute atomic E-state index is 0.0767. The smallest absolute Gasteiger partial charge is 0.356 e. The first kappa shape index (κ1) is 28.3. The predicted octanol–water partition coefficient (Wildman–Crippen LogP) is 3.98. The van der Waals surface area contributed by atoms with Gasteiger partial charge in [-0.2, -0.15) is 0 Å². The van der Waals surface area contributed by atoms with E-state index in [0.29, 0.717) is 34.0 Å². The second-order valence-corrected chi connectivity index (χ2v) is 10.6. The van der Waals surface area contributed by atoms with E-state index in [9.17, 15) is 29.6 Å². The molecule has 0 saturated carbocycles. The van der Waals surface area contributed by atoms with Crippen LogP contribution in [0.3, 0.4) is 0 Å². The van der Waals surface area contributed by atoms with E-state index in [-0.39, 0.29) is 35.7 Å². The molecule has 2 heterocycles. The van der Waals surface area contributed by atoms with E-state index in [2.05, 4.69) is 0 Å². The van der Waals surface area contributed by atoms with Crippen molar-refractivity contribution in [1.82, 2.24) is 9.80 Å². The zero-order chi connectivity index (χ0) is 28.4. The van der Waals surface area contributed by atoms with Gasteiger partial charge in [-0.15, -0.1) is 0 Å². The Morgan fingerprint density at radius 1 is 1.15 bits per heavy atom. The number of esters is 1. The maximum atomic E-state index is 13.4. The zero-order valence-electron chi connectivity index (χ0n) is 22.2. The van der Waals surface area contributed by atoms with Crippen molar-refractivity contribution in [3.05, 3.63) is 80.4 Å². The quantitative estimate of drug-likeness (QED) is 0.202. The topological polar surface area (TPSA) is 130 Å². The van der Waals surface area contributed by atoms with Crippen molar-refractivity contribution in [2.24, 2.45) is 11.8 Å². The Hall–Kier alpha value is -3.70. The number of rotatable bonds is 10. The first-order valence-electron chi connectivity index (χ1n) is 12.8. The molecule has 4 rings (SSSR count). The molecule has 39 heavy (non-hydrogen) atoms. The predicted molar refractivity (Wildman–Crippen MR) is 144 cm³/mol. The first-order chi connectivity index (χ1) is 18.6. The van der Waals surface area contributed by atoms with Gasteiger partial charge in [-0.3, -0.25) is 19.7 Å². The Balaban J connectivity index is 1.66. The number of carbonyl (C=O) groups is 3. The number of nitro benzene ring substituents is 1. The molecule has 2 aromatic rings. The summed E-state index contributed by atoms with van der Waals surface area (Å²) in [6.07, 6.45) is -0.889. The van der Waals surface area contributed by atoms with Gasteiger partial charge >= 0.3 is 5.97 Å². The lowest BCUT2D eigenvalue weighted by molar-refractivity contribution is -0.384. The molecule has 4 atom stereocenters. The number of hydrogen-bond acceptors (Lipinski definition) is 8. The fourth-order valence-corrected chi connectivity index (χ4v) is 6.36. The molecule has 2 aromatic carbocycles. The summed E-state index contributed by atoms with van der Waals surface area (Å²) in [5.74, 6) is -2.13. The highest BCUT2D eigenvalue weighted by atomic mass is 32.2. The van der Waals surface area contributed by atoms with Crippen molar-refractivity contribution in [3.8, 4) is 0 Å². The van der Waals surface area contributed by atoms with Crippen molar-refractivity contribution >= 4 is 35.2 Å². The van der Waals surface area contributed by atoms with Crippen LogP contribution < -0.4 is 0 Å². The number of amides is 2. The molecule has 10 nitrogen and oxygen atoms in total. The van der Waals surface area contributed by atoms with Crippen LogP contribution in [0, 0.1) is 22.0 Å². The molecule has 0 radical (unpaired) electrons. The fraction of sp³-hybridized carbons (Fsp3) is 0.393. The normalized spacial score (nSPS) is 20.8. The number of carbonyl (C=O) groups excluding carboxylic acids is 3. The van der Waals surface area contributed by atoms with Gasteiger partial charge in [-0.1, -0.05) is 30.8 Å². The number of aliphatic hydroxyl groups excluding tert-OH is 1. The number of nitrogens with zero attached hydrogens (tertiary/aromatic N) is 3. The molecule has 2 aliphatic rings. The van der Waals surface area contributed by atoms with Gasteiger partial charge in [0.2, 0.25) is 5.91 Å². The van der Waals surface area contributed by atoms with Crippen LogP contribution in [0.15, 0.2) is 64.0 Å². The summed E-state index contributed by atoms with van der Waals surface area (Å²) in [4.78, 5) is 54.5. The maximum Gasteiger partial charge on any atom is 0.356 e. The average Bonchev–Trinajstić information content (AvgIpc) is 3.15. The van der Waals surface area contributed by atoms with Crippen LogP contribution in [0.5, 0.6) is 0 Å². The molecule has 1 saturated heterocycles. The molecular formula is C28H31N3O7S. The van der Waals surface area contributed by atoms with E-state index in [1.807, 2.05) is 32.9 Å². The van der Waals surface area contributed by atoms with Crippen LogP contribution in [0.25, 0.3) is 0 Å². The van der Waals surface area contributed by atoms with E-state index >= 15 is 0 Å². The summed E-state index contributed by atoms with van der Waals surface area (Å²) in [6, 6.07) is 12.4. The fourth-order valence-electron chi connectivity index (χ4n) is 5.11. The number of non-ortho nitro benzene ring substituents is 1. The Morgan fingerprint density at radius 3 is 2.38 bits per heavy atom. The summed E-state index contributed by atoms with van der Waals surface area (Å²) < 4.78 is 5.56. The van der Waals surface area contributed by atoms with Crippen LogP contribution in [0.2, 0.25) is 0 Å². The third kappa shape index (κ3) is 5.28. The molecular weight excluding hydrogens is 522 g/mol. The molecule has 2 aliphatic heterocycles. The highest BCUT2D eigenvalue weighted by Crippen LogP contribution is 2.52. The van der Waals surface area contributed by atoms with E-state index < -0.39 is 29.0 Å². The molecule has 0 bridgehead atoms. The highest BCUT2D eigenvalue weighted by Gasteiger charge is 2.60. The lowest BCUT2D eigenvalue weighted by atomic mass is 9.79. The van der Waals surface area contributed by atoms with E-state index in [1.54, 1.807) is 24.0 Å². The standard InChI is InChI=1S/C28H31N3O7S/c1-5-29(6-2)26(33)20-9-7-8-10-21(20)39-25-16(3)23-22(17(4)32)27(34)30(23)24(25)28(35)38-15-18-11-13-19(14-12-18)31(36)37/h7-14,16-17,22-23,32H,5-6,15H2,1-4H3/t16?,17?,22?,23-/m0/s1. The number of hydrogen-bond donors (Lipinski definition) is 1. The Bertz CT molecular complexity index is 1320. The minimum atomic E-state index is -0.889. The van der Waals surface area contributed by atoms with Gasteiger partial charge in [0.1, 0.15) is 12.3 Å². The molecule has 1 N–H and O–H groups in total. The van der Waals surface area contributed by atoms with Crippen LogP contribution in [-0.2, 0) is 20.9 Å². The minimum Gasteiger partial charge on any atom is -0.456 e. The number of β-lactam (4-membered cyclic amide) rings is 1. The number of thioether (sulfide) groups is 1. The average molecular weight is 554 g/mol. The van der Waals surface area contributed by atoms with E-state index in [1.165, 1.54) is 40.9 Å². The lowest BCUT2D eigenvalue weighted by Crippen LogP contribution is -2.63. The molecule has 2 amide bonds. The number of aliphatic hydroxyl groups is 1. The number of nitro groups is 1. The molecule has 0 spiro atoms. The third-order valence-corrected chi connectivity index (χ3v) is 8.57. The molecule has 3 unspecified atom stereocenters. The van der Waals surface area contributed by atoms with Crippen LogP contribution in [0.4, 0.5) is 5.69 Å². The van der Waals surface area contributed by atoms with Gasteiger partial charge in [-0.25, -0.2) is 4.79 Å². The molecule has 11 heteroatoms. The van der Waals surface area contributed by atoms with Crippen molar-refractivity contribution in [2.75, 3.05) is 13.1 Å². The second kappa shape index (κ2) is 11.6. The maximum absolute atomic E-state index is 13.4. The Kier molecular flexibility index (Phi) is 8.41. The van der Waals surface area contributed by atoms with E-state index in [0.717, 1.165) is 0 Å². The van der Waals surface area contributed by atoms with Gasteiger partial charge < -0.3 is 19.6 Å². The van der Waals surface area contributed by atoms with Crippen molar-refractivity contribution in [2.45, 2.75) is 51.3 Å². The number of benzene rings is 2. The van der Waals surface area contributed by atoms with Crippen LogP contribution in [-0.4, -0.2) is 62.8 Å². The highest BCUT2D eigenvalue weighted by molar-refractivity contribution is 8.03. The molecule has 0 aliphatic carbocycles. The van der Waals surface area contributed by atoms with Gasteiger partial charge in [0.15, 0.2) is 0 Å². The van der Waals surface area contributed by atoms with Gasteiger partial charge in [0, 0.05) is 40.9 Å². The van der Waals surface area contributed by atoms with Crippen LogP contribution in [0.1, 0.15) is 43.6 Å². The molecule has 1 fully saturated rings. The molecule has 206 valence electrons. The monoisotopic (exact) mass is 553 g/mol. The Morgan fingerprint density at radius 2 is 1.79 bits per heavy atom. The summed E-state index contributed by atoms with van der Waals surface area (Å²) >= 11 is 1.26. The van der Waals surface area contributed by atoms with Gasteiger partial charge in [-0.05, 0) is 50.6 Å². The second-order valence-electron chi connectivity index (χ2n) is 9.54. The largest absolute Gasteiger partial charge is 0.456 e. The summed E-state index contributed by atoms with van der Waals surface area (Å²) in [5.41, 5.74) is 1.08. The molecule has 0 aromatic heterocycles. The first-order valence-corrected chi connectivity index (χ1v) is 13.6. The number of fused-ring (bicyclic) bond motifs is 1. The number of ether oxygens (including phenoxy) is 1.